The van der Waals surface area contributed by atoms with Crippen molar-refractivity contribution in [2.24, 2.45) is 0 Å². The van der Waals surface area contributed by atoms with Crippen LogP contribution in [0.1, 0.15) is 63.2 Å². The average molecular weight is 417 g/mol. The molecule has 1 N–H and O–H groups in total. The van der Waals surface area contributed by atoms with E-state index in [2.05, 4.69) is 75.3 Å². The summed E-state index contributed by atoms with van der Waals surface area (Å²) in [6.07, 6.45) is 7.85. The smallest absolute Gasteiger partial charge is 0.180 e. The van der Waals surface area contributed by atoms with E-state index in [0.717, 1.165) is 54.0 Å². The molecule has 0 amide bonds. The fraction of sp³-hybridized carbons (Fsp3) is 0.391. The first-order chi connectivity index (χ1) is 15.2. The zero-order chi connectivity index (χ0) is 21.6. The number of aromatic nitrogens is 8. The lowest BCUT2D eigenvalue weighted by Gasteiger charge is -2.09. The molecule has 0 fully saturated rings. The van der Waals surface area contributed by atoms with Crippen molar-refractivity contribution in [1.29, 1.82) is 0 Å². The van der Waals surface area contributed by atoms with Crippen molar-refractivity contribution in [3.05, 3.63) is 59.9 Å². The van der Waals surface area contributed by atoms with E-state index in [9.17, 15) is 0 Å². The lowest BCUT2D eigenvalue weighted by atomic mass is 10.0. The molecule has 0 aliphatic heterocycles. The summed E-state index contributed by atoms with van der Waals surface area (Å²) in [6.45, 7) is 7.29. The Labute approximate surface area is 182 Å². The maximum absolute atomic E-state index is 4.84. The number of benzene rings is 1. The van der Waals surface area contributed by atoms with Crippen LogP contribution in [0, 0.1) is 0 Å². The lowest BCUT2D eigenvalue weighted by Crippen LogP contribution is -2.07. The second-order valence-corrected chi connectivity index (χ2v) is 7.82. The van der Waals surface area contributed by atoms with Crippen molar-refractivity contribution in [2.45, 2.75) is 58.9 Å². The van der Waals surface area contributed by atoms with Crippen molar-refractivity contribution < 1.29 is 0 Å². The minimum absolute atomic E-state index is 0.374. The van der Waals surface area contributed by atoms with Gasteiger partial charge in [0.1, 0.15) is 5.82 Å². The maximum atomic E-state index is 4.84. The van der Waals surface area contributed by atoms with E-state index in [1.165, 1.54) is 5.56 Å². The number of nitrogens with zero attached hydrogens (tertiary/aromatic N) is 7. The Hall–Kier alpha value is -3.42. The number of unbranched alkanes of at least 4 members (excludes halogenated alkanes) is 1. The highest BCUT2D eigenvalue weighted by Crippen LogP contribution is 2.29. The maximum Gasteiger partial charge on any atom is 0.180 e. The standard InChI is InChI=1S/C23H28N8/c1-4-6-7-21-25-22(16(3)5-2)28-31(21)15-17-8-10-18(11-9-17)20-14-24-13-12-19(20)23-26-29-30-27-23/h8-14,16H,4-7,15H2,1-3H3,(H,26,27,29,30). The topological polar surface area (TPSA) is 98.1 Å². The van der Waals surface area contributed by atoms with Gasteiger partial charge in [0.05, 0.1) is 6.54 Å². The molecule has 0 saturated heterocycles. The SMILES string of the molecule is CCCCc1nc(C(C)CC)nn1Cc1ccc(-c2cnccc2-c2nnn[nH]2)cc1. The van der Waals surface area contributed by atoms with Crippen molar-refractivity contribution in [3.8, 4) is 22.5 Å². The van der Waals surface area contributed by atoms with Gasteiger partial charge in [-0.2, -0.15) is 5.10 Å². The molecule has 31 heavy (non-hydrogen) atoms. The molecule has 1 atom stereocenters. The molecule has 1 unspecified atom stereocenters. The molecular formula is C23H28N8. The van der Waals surface area contributed by atoms with Crippen LogP contribution in [0.15, 0.2) is 42.7 Å². The Kier molecular flexibility index (Phi) is 6.45. The highest BCUT2D eigenvalue weighted by atomic mass is 15.5. The van der Waals surface area contributed by atoms with Crippen LogP contribution in [-0.2, 0) is 13.0 Å². The molecule has 0 aliphatic rings. The fourth-order valence-corrected chi connectivity index (χ4v) is 3.50. The van der Waals surface area contributed by atoms with Crippen LogP contribution in [-0.4, -0.2) is 40.4 Å². The van der Waals surface area contributed by atoms with E-state index in [1.807, 2.05) is 12.3 Å². The van der Waals surface area contributed by atoms with Crippen LogP contribution in [0.4, 0.5) is 0 Å². The largest absolute Gasteiger partial charge is 0.264 e. The molecule has 0 saturated carbocycles. The van der Waals surface area contributed by atoms with E-state index in [0.29, 0.717) is 18.3 Å². The first kappa shape index (κ1) is 20.8. The molecule has 3 aromatic heterocycles. The van der Waals surface area contributed by atoms with Gasteiger partial charge >= 0.3 is 0 Å². The van der Waals surface area contributed by atoms with E-state index in [-0.39, 0.29) is 0 Å². The van der Waals surface area contributed by atoms with Gasteiger partial charge in [-0.05, 0) is 40.5 Å². The van der Waals surface area contributed by atoms with Gasteiger partial charge in [-0.15, -0.1) is 5.10 Å². The Balaban J connectivity index is 1.58. The van der Waals surface area contributed by atoms with E-state index in [4.69, 9.17) is 10.1 Å². The summed E-state index contributed by atoms with van der Waals surface area (Å²) in [5.41, 5.74) is 4.15. The Morgan fingerprint density at radius 2 is 1.90 bits per heavy atom. The van der Waals surface area contributed by atoms with Gasteiger partial charge < -0.3 is 0 Å². The van der Waals surface area contributed by atoms with Gasteiger partial charge in [-0.3, -0.25) is 4.98 Å². The molecule has 0 bridgehead atoms. The minimum atomic E-state index is 0.374. The molecule has 160 valence electrons. The second kappa shape index (κ2) is 9.59. The molecule has 8 heteroatoms. The number of tetrazole rings is 1. The summed E-state index contributed by atoms with van der Waals surface area (Å²) >= 11 is 0. The molecule has 0 spiro atoms. The van der Waals surface area contributed by atoms with Gasteiger partial charge in [-0.1, -0.05) is 51.5 Å². The van der Waals surface area contributed by atoms with Gasteiger partial charge in [0.25, 0.3) is 0 Å². The number of rotatable bonds is 9. The van der Waals surface area contributed by atoms with Crippen LogP contribution in [0.5, 0.6) is 0 Å². The number of hydrogen-bond acceptors (Lipinski definition) is 6. The van der Waals surface area contributed by atoms with Crippen LogP contribution >= 0.6 is 0 Å². The van der Waals surface area contributed by atoms with Gasteiger partial charge in [-0.25, -0.2) is 14.8 Å². The van der Waals surface area contributed by atoms with E-state index < -0.39 is 0 Å². The summed E-state index contributed by atoms with van der Waals surface area (Å²) in [4.78, 5) is 9.13. The molecular weight excluding hydrogens is 388 g/mol. The fourth-order valence-electron chi connectivity index (χ4n) is 3.50. The highest BCUT2D eigenvalue weighted by Gasteiger charge is 2.15. The summed E-state index contributed by atoms with van der Waals surface area (Å²) in [5.74, 6) is 3.03. The number of pyridine rings is 1. The van der Waals surface area contributed by atoms with E-state index in [1.54, 1.807) is 6.20 Å². The normalized spacial score (nSPS) is 12.2. The molecule has 8 nitrogen and oxygen atoms in total. The summed E-state index contributed by atoms with van der Waals surface area (Å²) in [7, 11) is 0. The first-order valence-corrected chi connectivity index (χ1v) is 10.9. The van der Waals surface area contributed by atoms with Gasteiger partial charge in [0.2, 0.25) is 0 Å². The Morgan fingerprint density at radius 3 is 2.61 bits per heavy atom. The van der Waals surface area contributed by atoms with Crippen LogP contribution in [0.25, 0.3) is 22.5 Å². The van der Waals surface area contributed by atoms with Gasteiger partial charge in [0.15, 0.2) is 11.6 Å². The average Bonchev–Trinajstić information content (AvgIpc) is 3.48. The van der Waals surface area contributed by atoms with Crippen molar-refractivity contribution in [2.75, 3.05) is 0 Å². The molecule has 0 aliphatic carbocycles. The summed E-state index contributed by atoms with van der Waals surface area (Å²) in [5, 5.41) is 19.1. The van der Waals surface area contributed by atoms with Crippen LogP contribution in [0.2, 0.25) is 0 Å². The number of aromatic amines is 1. The number of nitrogens with one attached hydrogen (secondary N) is 1. The predicted octanol–water partition coefficient (Wildman–Crippen LogP) is 4.42. The highest BCUT2D eigenvalue weighted by molar-refractivity contribution is 5.79. The third-order valence-corrected chi connectivity index (χ3v) is 5.59. The quantitative estimate of drug-likeness (QED) is 0.433. The summed E-state index contributed by atoms with van der Waals surface area (Å²) < 4.78 is 2.07. The van der Waals surface area contributed by atoms with E-state index >= 15 is 0 Å². The van der Waals surface area contributed by atoms with Crippen LogP contribution < -0.4 is 0 Å². The molecule has 0 radical (unpaired) electrons. The summed E-state index contributed by atoms with van der Waals surface area (Å²) in [6, 6.07) is 10.4. The number of aryl methyl sites for hydroxylation is 1. The Morgan fingerprint density at radius 1 is 1.06 bits per heavy atom. The van der Waals surface area contributed by atoms with Gasteiger partial charge in [0, 0.05) is 35.9 Å². The third kappa shape index (κ3) is 4.68. The molecule has 1 aromatic carbocycles. The zero-order valence-corrected chi connectivity index (χ0v) is 18.3. The number of H-pyrrole nitrogens is 1. The van der Waals surface area contributed by atoms with Crippen molar-refractivity contribution >= 4 is 0 Å². The third-order valence-electron chi connectivity index (χ3n) is 5.59. The Bertz CT molecular complexity index is 1100. The second-order valence-electron chi connectivity index (χ2n) is 7.82. The van der Waals surface area contributed by atoms with Crippen molar-refractivity contribution in [1.82, 2.24) is 40.4 Å². The van der Waals surface area contributed by atoms with Crippen LogP contribution in [0.3, 0.4) is 0 Å². The lowest BCUT2D eigenvalue weighted by molar-refractivity contribution is 0.602. The monoisotopic (exact) mass is 416 g/mol. The predicted molar refractivity (Wildman–Crippen MR) is 119 cm³/mol. The first-order valence-electron chi connectivity index (χ1n) is 10.9. The number of hydrogen-bond donors (Lipinski definition) is 1. The zero-order valence-electron chi connectivity index (χ0n) is 18.3. The van der Waals surface area contributed by atoms with Crippen molar-refractivity contribution in [3.63, 3.8) is 0 Å². The molecule has 3 heterocycles. The minimum Gasteiger partial charge on any atom is -0.264 e. The molecule has 4 aromatic rings. The molecule has 4 rings (SSSR count).